The van der Waals surface area contributed by atoms with E-state index < -0.39 is 29.5 Å². The minimum atomic E-state index is -0.720. The van der Waals surface area contributed by atoms with E-state index in [1.807, 2.05) is 4.90 Å². The van der Waals surface area contributed by atoms with Crippen molar-refractivity contribution in [1.29, 1.82) is 0 Å². The predicted molar refractivity (Wildman–Crippen MR) is 126 cm³/mol. The number of piperazine rings is 1. The van der Waals surface area contributed by atoms with Gasteiger partial charge in [0.05, 0.1) is 30.6 Å². The van der Waals surface area contributed by atoms with Crippen LogP contribution in [0.3, 0.4) is 0 Å². The lowest BCUT2D eigenvalue weighted by molar-refractivity contribution is 0.0601. The summed E-state index contributed by atoms with van der Waals surface area (Å²) < 4.78 is 46.6. The van der Waals surface area contributed by atoms with Crippen molar-refractivity contribution in [1.82, 2.24) is 24.9 Å². The zero-order chi connectivity index (χ0) is 26.1. The Labute approximate surface area is 209 Å². The van der Waals surface area contributed by atoms with Gasteiger partial charge in [-0.3, -0.25) is 0 Å². The number of H-pyrrole nitrogens is 1. The number of methoxy groups -OCH3 is 1. The minimum absolute atomic E-state index is 0.00442. The molecule has 0 saturated carbocycles. The Bertz CT molecular complexity index is 1350. The molecule has 4 heterocycles. The Morgan fingerprint density at radius 1 is 1.05 bits per heavy atom. The fraction of sp³-hybridized carbons (Fsp3) is 0.292. The van der Waals surface area contributed by atoms with Crippen molar-refractivity contribution in [2.45, 2.75) is 12.5 Å². The summed E-state index contributed by atoms with van der Waals surface area (Å²) in [7, 11) is 1.25. The number of esters is 1. The smallest absolute Gasteiger partial charge is 0.341 e. The van der Waals surface area contributed by atoms with Gasteiger partial charge in [-0.25, -0.2) is 37.7 Å². The molecule has 1 saturated heterocycles. The average Bonchev–Trinajstić information content (AvgIpc) is 3.58. The summed E-state index contributed by atoms with van der Waals surface area (Å²) in [6.07, 6.45) is 4.34. The Balaban J connectivity index is 1.27. The summed E-state index contributed by atoms with van der Waals surface area (Å²) in [4.78, 5) is 39.5. The zero-order valence-corrected chi connectivity index (χ0v) is 19.7. The third-order valence-corrected chi connectivity index (χ3v) is 6.22. The molecule has 0 radical (unpaired) electrons. The normalized spacial score (nSPS) is 17.4. The van der Waals surface area contributed by atoms with Crippen LogP contribution in [0.15, 0.2) is 41.8 Å². The van der Waals surface area contributed by atoms with Gasteiger partial charge in [-0.2, -0.15) is 5.10 Å². The van der Waals surface area contributed by atoms with Crippen molar-refractivity contribution in [2.75, 3.05) is 38.2 Å². The fourth-order valence-electron chi connectivity index (χ4n) is 4.35. The Hall–Kier alpha value is -4.42. The van der Waals surface area contributed by atoms with Gasteiger partial charge in [0, 0.05) is 51.1 Å². The number of hydrogen-bond donors (Lipinski definition) is 1. The van der Waals surface area contributed by atoms with Crippen LogP contribution in [0.4, 0.5) is 23.9 Å². The number of carbonyl (C=O) groups is 2. The predicted octanol–water partition coefficient (Wildman–Crippen LogP) is 3.35. The van der Waals surface area contributed by atoms with Crippen molar-refractivity contribution >= 4 is 24.2 Å². The summed E-state index contributed by atoms with van der Waals surface area (Å²) in [6, 6.07) is 3.63. The number of amides is 2. The lowest BCUT2D eigenvalue weighted by Crippen LogP contribution is -2.52. The highest BCUT2D eigenvalue weighted by molar-refractivity contribution is 5.90. The molecule has 1 aromatic carbocycles. The van der Waals surface area contributed by atoms with Crippen LogP contribution in [-0.2, 0) is 4.74 Å². The number of carbonyl (C=O) groups excluding carboxylic acids is 2. The highest BCUT2D eigenvalue weighted by atomic mass is 19.1. The number of anilines is 1. The van der Waals surface area contributed by atoms with Gasteiger partial charge in [0.2, 0.25) is 5.95 Å². The van der Waals surface area contributed by atoms with E-state index >= 15 is 0 Å². The first kappa shape index (κ1) is 24.3. The maximum Gasteiger partial charge on any atom is 0.341 e. The molecular weight excluding hydrogens is 491 g/mol. The number of hydrazone groups is 1. The number of nitrogens with one attached hydrogen (secondary N) is 1. The summed E-state index contributed by atoms with van der Waals surface area (Å²) in [6.45, 7) is 1.35. The van der Waals surface area contributed by atoms with E-state index in [0.717, 1.165) is 12.3 Å². The van der Waals surface area contributed by atoms with Gasteiger partial charge in [0.25, 0.3) is 0 Å². The number of ether oxygens (including phenoxy) is 1. The highest BCUT2D eigenvalue weighted by Gasteiger charge is 2.34. The number of nitrogens with zero attached hydrogens (tertiary/aromatic N) is 6. The molecule has 2 aromatic heterocycles. The summed E-state index contributed by atoms with van der Waals surface area (Å²) in [5.41, 5.74) is 0.847. The van der Waals surface area contributed by atoms with E-state index in [1.165, 1.54) is 36.5 Å². The number of aromatic nitrogens is 3. The Morgan fingerprint density at radius 2 is 1.78 bits per heavy atom. The molecule has 2 aliphatic rings. The van der Waals surface area contributed by atoms with Gasteiger partial charge in [0.1, 0.15) is 17.3 Å². The number of urea groups is 1. The molecule has 37 heavy (non-hydrogen) atoms. The molecule has 0 unspecified atom stereocenters. The molecule has 10 nitrogen and oxygen atoms in total. The van der Waals surface area contributed by atoms with Gasteiger partial charge in [-0.05, 0) is 23.8 Å². The van der Waals surface area contributed by atoms with E-state index in [0.29, 0.717) is 43.9 Å². The van der Waals surface area contributed by atoms with Crippen LogP contribution in [0.5, 0.6) is 0 Å². The highest BCUT2D eigenvalue weighted by Crippen LogP contribution is 2.31. The Morgan fingerprint density at radius 3 is 2.49 bits per heavy atom. The van der Waals surface area contributed by atoms with Crippen LogP contribution in [0.25, 0.3) is 11.4 Å². The van der Waals surface area contributed by atoms with Gasteiger partial charge in [-0.15, -0.1) is 0 Å². The van der Waals surface area contributed by atoms with Crippen LogP contribution < -0.4 is 4.90 Å². The molecule has 5 rings (SSSR count). The van der Waals surface area contributed by atoms with Crippen LogP contribution in [0.2, 0.25) is 0 Å². The molecule has 1 fully saturated rings. The number of hydrogen-bond acceptors (Lipinski definition) is 7. The number of aromatic amines is 1. The van der Waals surface area contributed by atoms with Crippen molar-refractivity contribution in [2.24, 2.45) is 5.10 Å². The van der Waals surface area contributed by atoms with Gasteiger partial charge in [0.15, 0.2) is 5.82 Å². The van der Waals surface area contributed by atoms with Crippen molar-refractivity contribution < 1.29 is 27.5 Å². The lowest BCUT2D eigenvalue weighted by Gasteiger charge is -2.37. The maximum atomic E-state index is 14.5. The van der Waals surface area contributed by atoms with Gasteiger partial charge >= 0.3 is 12.0 Å². The summed E-state index contributed by atoms with van der Waals surface area (Å²) in [5.74, 6) is -2.40. The minimum Gasteiger partial charge on any atom is -0.465 e. The van der Waals surface area contributed by atoms with Crippen molar-refractivity contribution in [3.05, 3.63) is 65.2 Å². The first-order valence-corrected chi connectivity index (χ1v) is 11.4. The van der Waals surface area contributed by atoms with Crippen molar-refractivity contribution in [3.63, 3.8) is 0 Å². The summed E-state index contributed by atoms with van der Waals surface area (Å²) in [5, 5.41) is 5.37. The van der Waals surface area contributed by atoms with E-state index in [9.17, 15) is 22.8 Å². The second-order valence-electron chi connectivity index (χ2n) is 8.51. The molecule has 0 spiro atoms. The van der Waals surface area contributed by atoms with Crippen LogP contribution in [0, 0.1) is 17.5 Å². The monoisotopic (exact) mass is 513 g/mol. The molecule has 192 valence electrons. The average molecular weight is 513 g/mol. The molecule has 1 N–H and O–H groups in total. The van der Waals surface area contributed by atoms with Crippen LogP contribution in [0.1, 0.15) is 28.4 Å². The largest absolute Gasteiger partial charge is 0.465 e. The molecule has 2 amide bonds. The van der Waals surface area contributed by atoms with E-state index in [4.69, 9.17) is 0 Å². The first-order valence-electron chi connectivity index (χ1n) is 11.4. The van der Waals surface area contributed by atoms with E-state index in [1.54, 1.807) is 11.1 Å². The van der Waals surface area contributed by atoms with Crippen LogP contribution >= 0.6 is 0 Å². The molecular formula is C24H22F3N7O3. The van der Waals surface area contributed by atoms with Crippen molar-refractivity contribution in [3.8, 4) is 11.4 Å². The third-order valence-electron chi connectivity index (χ3n) is 6.22. The molecule has 13 heteroatoms. The topological polar surface area (TPSA) is 107 Å². The zero-order valence-electron chi connectivity index (χ0n) is 19.7. The SMILES string of the molecule is COC(=O)c1c[nH]c(-c2nc(N3CCN(C(=O)N4N=CC[C@H]4c4cc(F)cc(F)c4)CC3)ncc2F)c1. The molecule has 3 aromatic rings. The fourth-order valence-corrected chi connectivity index (χ4v) is 4.35. The molecule has 0 bridgehead atoms. The van der Waals surface area contributed by atoms with E-state index in [2.05, 4.69) is 24.8 Å². The quantitative estimate of drug-likeness (QED) is 0.537. The van der Waals surface area contributed by atoms with Gasteiger partial charge in [-0.1, -0.05) is 0 Å². The third kappa shape index (κ3) is 4.84. The molecule has 2 aliphatic heterocycles. The van der Waals surface area contributed by atoms with E-state index in [-0.39, 0.29) is 23.2 Å². The maximum absolute atomic E-state index is 14.5. The second-order valence-corrected chi connectivity index (χ2v) is 8.51. The standard InChI is InChI=1S/C24H22F3N7O3/c1-37-22(35)15-10-19(28-12-15)21-18(27)13-29-23(31-21)32-4-6-33(7-5-32)24(36)34-20(2-3-30-34)14-8-16(25)11-17(26)9-14/h3,8-13,20,28H,2,4-7H2,1H3/t20-/m0/s1. The lowest BCUT2D eigenvalue weighted by atomic mass is 10.0. The molecule has 1 atom stereocenters. The Kier molecular flexibility index (Phi) is 6.51. The van der Waals surface area contributed by atoms with Gasteiger partial charge < -0.3 is 19.5 Å². The number of rotatable bonds is 4. The second kappa shape index (κ2) is 9.91. The first-order chi connectivity index (χ1) is 17.8. The number of halogens is 3. The summed E-state index contributed by atoms with van der Waals surface area (Å²) >= 11 is 0. The van der Waals surface area contributed by atoms with Crippen LogP contribution in [-0.4, -0.2) is 76.4 Å². The molecule has 0 aliphatic carbocycles. The number of benzene rings is 1.